The number of benzene rings is 1. The molecular formula is C17H24Br2O6. The fourth-order valence-electron chi connectivity index (χ4n) is 1.95. The molecule has 8 heteroatoms. The summed E-state index contributed by atoms with van der Waals surface area (Å²) < 4.78 is 26.7. The highest BCUT2D eigenvalue weighted by Crippen LogP contribution is 2.31. The highest BCUT2D eigenvalue weighted by Gasteiger charge is 2.10. The third-order valence-electron chi connectivity index (χ3n) is 3.14. The third kappa shape index (κ3) is 8.89. The minimum atomic E-state index is -0.304. The number of halogens is 2. The summed E-state index contributed by atoms with van der Waals surface area (Å²) in [5.41, 5.74) is 2.06. The smallest absolute Gasteiger partial charge is 0.302 e. The van der Waals surface area contributed by atoms with Gasteiger partial charge in [0.2, 0.25) is 0 Å². The van der Waals surface area contributed by atoms with Gasteiger partial charge in [-0.2, -0.15) is 0 Å². The van der Waals surface area contributed by atoms with Crippen molar-refractivity contribution in [3.63, 3.8) is 0 Å². The Balaban J connectivity index is 2.24. The predicted octanol–water partition coefficient (Wildman–Crippen LogP) is 3.46. The van der Waals surface area contributed by atoms with Gasteiger partial charge in [-0.3, -0.25) is 4.79 Å². The molecule has 142 valence electrons. The number of alkyl halides is 2. The minimum absolute atomic E-state index is 0.265. The zero-order valence-corrected chi connectivity index (χ0v) is 17.7. The molecule has 0 N–H and O–H groups in total. The number of carbonyl (C=O) groups is 1. The maximum Gasteiger partial charge on any atom is 0.302 e. The van der Waals surface area contributed by atoms with E-state index in [-0.39, 0.29) is 12.6 Å². The topological polar surface area (TPSA) is 63.2 Å². The lowest BCUT2D eigenvalue weighted by molar-refractivity contribution is -0.142. The number of methoxy groups -OCH3 is 1. The molecule has 0 saturated heterocycles. The fraction of sp³-hybridized carbons (Fsp3) is 0.588. The van der Waals surface area contributed by atoms with Crippen LogP contribution in [0.1, 0.15) is 18.1 Å². The Morgan fingerprint density at radius 2 is 1.40 bits per heavy atom. The zero-order chi connectivity index (χ0) is 18.5. The SMILES string of the molecule is COc1cc(CBr)c(OCCOCCOCCOC(C)=O)cc1CBr. The van der Waals surface area contributed by atoms with Crippen molar-refractivity contribution >= 4 is 37.8 Å². The molecule has 0 aliphatic rings. The number of carbonyl (C=O) groups excluding carboxylic acids is 1. The Labute approximate surface area is 165 Å². The summed E-state index contributed by atoms with van der Waals surface area (Å²) in [6.45, 7) is 3.82. The number of hydrogen-bond donors (Lipinski definition) is 0. The molecule has 0 amide bonds. The standard InChI is InChI=1S/C17H24Br2O6/c1-13(20)24-7-5-22-3-4-23-6-8-25-17-10-14(11-18)16(21-2)9-15(17)12-19/h9-10H,3-8,11-12H2,1-2H3. The van der Waals surface area contributed by atoms with Gasteiger partial charge in [0.15, 0.2) is 0 Å². The summed E-state index contributed by atoms with van der Waals surface area (Å²) in [6, 6.07) is 3.95. The first-order valence-corrected chi connectivity index (χ1v) is 10.1. The lowest BCUT2D eigenvalue weighted by Gasteiger charge is -2.14. The molecule has 25 heavy (non-hydrogen) atoms. The van der Waals surface area contributed by atoms with Gasteiger partial charge in [-0.1, -0.05) is 31.9 Å². The van der Waals surface area contributed by atoms with Crippen molar-refractivity contribution in [2.45, 2.75) is 17.6 Å². The summed E-state index contributed by atoms with van der Waals surface area (Å²) in [5.74, 6) is 1.34. The first kappa shape index (κ1) is 22.2. The van der Waals surface area contributed by atoms with Crippen LogP contribution in [0.25, 0.3) is 0 Å². The molecule has 0 radical (unpaired) electrons. The van der Waals surface area contributed by atoms with E-state index in [1.54, 1.807) is 7.11 Å². The molecule has 1 aromatic carbocycles. The molecular weight excluding hydrogens is 460 g/mol. The van der Waals surface area contributed by atoms with Crippen LogP contribution in [-0.4, -0.2) is 52.7 Å². The highest BCUT2D eigenvalue weighted by molar-refractivity contribution is 9.08. The van der Waals surface area contributed by atoms with Gasteiger partial charge < -0.3 is 23.7 Å². The van der Waals surface area contributed by atoms with Crippen molar-refractivity contribution in [2.75, 3.05) is 46.8 Å². The first-order chi connectivity index (χ1) is 12.1. The van der Waals surface area contributed by atoms with Crippen LogP contribution >= 0.6 is 31.9 Å². The Morgan fingerprint density at radius 1 is 0.880 bits per heavy atom. The van der Waals surface area contributed by atoms with Gasteiger partial charge >= 0.3 is 5.97 Å². The van der Waals surface area contributed by atoms with Crippen molar-refractivity contribution in [3.05, 3.63) is 23.3 Å². The van der Waals surface area contributed by atoms with Gasteiger partial charge in [0.1, 0.15) is 24.7 Å². The predicted molar refractivity (Wildman–Crippen MR) is 102 cm³/mol. The zero-order valence-electron chi connectivity index (χ0n) is 14.5. The molecule has 0 unspecified atom stereocenters. The number of ether oxygens (including phenoxy) is 5. The largest absolute Gasteiger partial charge is 0.496 e. The molecule has 6 nitrogen and oxygen atoms in total. The van der Waals surface area contributed by atoms with Crippen LogP contribution in [0.5, 0.6) is 11.5 Å². The molecule has 1 aromatic rings. The van der Waals surface area contributed by atoms with Crippen LogP contribution in [0, 0.1) is 0 Å². The number of hydrogen-bond acceptors (Lipinski definition) is 6. The minimum Gasteiger partial charge on any atom is -0.496 e. The molecule has 0 spiro atoms. The molecule has 0 aromatic heterocycles. The highest BCUT2D eigenvalue weighted by atomic mass is 79.9. The van der Waals surface area contributed by atoms with Crippen LogP contribution in [0.3, 0.4) is 0 Å². The molecule has 0 saturated carbocycles. The van der Waals surface area contributed by atoms with Crippen LogP contribution in [0.15, 0.2) is 12.1 Å². The summed E-state index contributed by atoms with van der Waals surface area (Å²) in [7, 11) is 1.65. The van der Waals surface area contributed by atoms with E-state index in [1.165, 1.54) is 6.92 Å². The maximum atomic E-state index is 10.6. The quantitative estimate of drug-likeness (QED) is 0.243. The van der Waals surface area contributed by atoms with Gasteiger partial charge in [-0.15, -0.1) is 0 Å². The molecule has 0 aliphatic carbocycles. The molecule has 0 aliphatic heterocycles. The average Bonchev–Trinajstić information content (AvgIpc) is 2.62. The van der Waals surface area contributed by atoms with E-state index >= 15 is 0 Å². The van der Waals surface area contributed by atoms with E-state index < -0.39 is 0 Å². The summed E-state index contributed by atoms with van der Waals surface area (Å²) in [4.78, 5) is 10.6. The monoisotopic (exact) mass is 482 g/mol. The van der Waals surface area contributed by atoms with Crippen molar-refractivity contribution in [2.24, 2.45) is 0 Å². The third-order valence-corrected chi connectivity index (χ3v) is 4.35. The molecule has 0 heterocycles. The van der Waals surface area contributed by atoms with Gasteiger partial charge in [0.25, 0.3) is 0 Å². The van der Waals surface area contributed by atoms with Crippen LogP contribution in [0.2, 0.25) is 0 Å². The van der Waals surface area contributed by atoms with E-state index in [4.69, 9.17) is 23.7 Å². The maximum absolute atomic E-state index is 10.6. The van der Waals surface area contributed by atoms with Crippen LogP contribution in [-0.2, 0) is 29.7 Å². The summed E-state index contributed by atoms with van der Waals surface area (Å²) >= 11 is 6.92. The Bertz CT molecular complexity index is 524. The second-order valence-corrected chi connectivity index (χ2v) is 6.07. The van der Waals surface area contributed by atoms with E-state index in [2.05, 4.69) is 31.9 Å². The van der Waals surface area contributed by atoms with E-state index in [0.717, 1.165) is 22.6 Å². The lowest BCUT2D eigenvalue weighted by atomic mass is 10.1. The molecule has 1 rings (SSSR count). The normalized spacial score (nSPS) is 10.6. The Hall–Kier alpha value is -0.830. The van der Waals surface area contributed by atoms with Crippen molar-refractivity contribution in [3.8, 4) is 11.5 Å². The average molecular weight is 484 g/mol. The second kappa shape index (κ2) is 13.4. The fourth-order valence-corrected chi connectivity index (χ4v) is 2.83. The summed E-state index contributed by atoms with van der Waals surface area (Å²) in [5, 5.41) is 1.37. The van der Waals surface area contributed by atoms with Crippen molar-refractivity contribution in [1.82, 2.24) is 0 Å². The molecule has 0 bridgehead atoms. The lowest BCUT2D eigenvalue weighted by Crippen LogP contribution is -2.13. The number of esters is 1. The number of rotatable bonds is 13. The summed E-state index contributed by atoms with van der Waals surface area (Å²) in [6.07, 6.45) is 0. The van der Waals surface area contributed by atoms with Crippen LogP contribution in [0.4, 0.5) is 0 Å². The van der Waals surface area contributed by atoms with Crippen LogP contribution < -0.4 is 9.47 Å². The second-order valence-electron chi connectivity index (χ2n) is 4.95. The Kier molecular flexibility index (Phi) is 11.9. The van der Waals surface area contributed by atoms with E-state index in [0.29, 0.717) is 43.7 Å². The van der Waals surface area contributed by atoms with E-state index in [9.17, 15) is 4.79 Å². The molecule has 0 atom stereocenters. The van der Waals surface area contributed by atoms with Gasteiger partial charge in [-0.05, 0) is 12.1 Å². The van der Waals surface area contributed by atoms with E-state index in [1.807, 2.05) is 12.1 Å². The molecule has 0 fully saturated rings. The van der Waals surface area contributed by atoms with Crippen molar-refractivity contribution < 1.29 is 28.5 Å². The Morgan fingerprint density at radius 3 is 1.96 bits per heavy atom. The van der Waals surface area contributed by atoms with Gasteiger partial charge in [0, 0.05) is 28.7 Å². The van der Waals surface area contributed by atoms with Gasteiger partial charge in [0.05, 0.1) is 33.5 Å². The van der Waals surface area contributed by atoms with Crippen molar-refractivity contribution in [1.29, 1.82) is 0 Å². The first-order valence-electron chi connectivity index (χ1n) is 7.85. The van der Waals surface area contributed by atoms with Gasteiger partial charge in [-0.25, -0.2) is 0 Å².